The second kappa shape index (κ2) is 8.08. The van der Waals surface area contributed by atoms with Crippen LogP contribution in [0.4, 0.5) is 4.39 Å². The number of nitrogens with zero attached hydrogens (tertiary/aromatic N) is 2. The summed E-state index contributed by atoms with van der Waals surface area (Å²) in [7, 11) is 0. The molecule has 1 atom stereocenters. The van der Waals surface area contributed by atoms with E-state index in [0.717, 1.165) is 32.0 Å². The summed E-state index contributed by atoms with van der Waals surface area (Å²) < 4.78 is 13.4. The first-order valence-corrected chi connectivity index (χ1v) is 11.4. The molecule has 2 aromatic heterocycles. The van der Waals surface area contributed by atoms with E-state index >= 15 is 0 Å². The van der Waals surface area contributed by atoms with E-state index in [9.17, 15) is 9.18 Å². The highest BCUT2D eigenvalue weighted by atomic mass is 32.2. The van der Waals surface area contributed by atoms with E-state index in [1.807, 2.05) is 48.0 Å². The first-order chi connectivity index (χ1) is 14.7. The van der Waals surface area contributed by atoms with E-state index in [1.54, 1.807) is 28.5 Å². The predicted octanol–water partition coefficient (Wildman–Crippen LogP) is 5.84. The first kappa shape index (κ1) is 19.1. The van der Waals surface area contributed by atoms with Crippen LogP contribution in [0.2, 0.25) is 0 Å². The SMILES string of the molecule is O=C(CSc1c[nH]c2ccccc12)N1N=C(c2cccs2)C[C@H]1c1ccc(F)cc1. The Balaban J connectivity index is 1.39. The molecular weight excluding hydrogens is 417 g/mol. The van der Waals surface area contributed by atoms with Crippen molar-refractivity contribution in [2.45, 2.75) is 17.4 Å². The number of para-hydroxylation sites is 1. The molecule has 5 rings (SSSR count). The van der Waals surface area contributed by atoms with Gasteiger partial charge in [0, 0.05) is 28.4 Å². The number of amides is 1. The number of rotatable bonds is 5. The summed E-state index contributed by atoms with van der Waals surface area (Å²) in [6.45, 7) is 0. The van der Waals surface area contributed by atoms with Crippen molar-refractivity contribution in [2.24, 2.45) is 5.10 Å². The Morgan fingerprint density at radius 1 is 1.17 bits per heavy atom. The van der Waals surface area contributed by atoms with Crippen LogP contribution in [0.25, 0.3) is 10.9 Å². The Kier molecular flexibility index (Phi) is 5.14. The number of H-pyrrole nitrogens is 1. The number of nitrogens with one attached hydrogen (secondary N) is 1. The molecule has 1 amide bonds. The van der Waals surface area contributed by atoms with Gasteiger partial charge in [0.15, 0.2) is 0 Å². The van der Waals surface area contributed by atoms with Crippen LogP contribution in [0, 0.1) is 5.82 Å². The fourth-order valence-electron chi connectivity index (χ4n) is 3.65. The molecule has 0 spiro atoms. The Morgan fingerprint density at radius 2 is 2.00 bits per heavy atom. The normalized spacial score (nSPS) is 16.2. The molecule has 4 nitrogen and oxygen atoms in total. The highest BCUT2D eigenvalue weighted by Crippen LogP contribution is 2.35. The number of aromatic amines is 1. The van der Waals surface area contributed by atoms with Gasteiger partial charge in [-0.3, -0.25) is 4.79 Å². The van der Waals surface area contributed by atoms with Crippen LogP contribution in [0.3, 0.4) is 0 Å². The van der Waals surface area contributed by atoms with Crippen molar-refractivity contribution in [1.29, 1.82) is 0 Å². The number of thiophene rings is 1. The lowest BCUT2D eigenvalue weighted by molar-refractivity contribution is -0.130. The largest absolute Gasteiger partial charge is 0.360 e. The molecule has 0 unspecified atom stereocenters. The van der Waals surface area contributed by atoms with Crippen molar-refractivity contribution in [3.8, 4) is 0 Å². The van der Waals surface area contributed by atoms with E-state index in [1.165, 1.54) is 23.9 Å². The Labute approximate surface area is 181 Å². The van der Waals surface area contributed by atoms with E-state index in [0.29, 0.717) is 6.42 Å². The number of aromatic nitrogens is 1. The number of halogens is 1. The average Bonchev–Trinajstić information content (AvgIpc) is 3.51. The number of thioether (sulfide) groups is 1. The molecule has 2 aromatic carbocycles. The lowest BCUT2D eigenvalue weighted by atomic mass is 10.0. The van der Waals surface area contributed by atoms with Gasteiger partial charge in [0.25, 0.3) is 5.91 Å². The first-order valence-electron chi connectivity index (χ1n) is 9.57. The number of hydrogen-bond acceptors (Lipinski definition) is 4. The third-order valence-corrected chi connectivity index (χ3v) is 7.09. The average molecular weight is 436 g/mol. The molecule has 0 radical (unpaired) electrons. The minimum Gasteiger partial charge on any atom is -0.360 e. The summed E-state index contributed by atoms with van der Waals surface area (Å²) in [5.74, 6) is -0.0732. The van der Waals surface area contributed by atoms with E-state index in [-0.39, 0.29) is 23.5 Å². The maximum absolute atomic E-state index is 13.4. The van der Waals surface area contributed by atoms with Crippen LogP contribution in [0.1, 0.15) is 22.9 Å². The standard InChI is InChI=1S/C23H18FN3OS2/c24-16-9-7-15(8-10-16)20-12-19(21-6-3-11-29-21)26-27(20)23(28)14-30-22-13-25-18-5-2-1-4-17(18)22/h1-11,13,20,25H,12,14H2/t20-/m0/s1. The lowest BCUT2D eigenvalue weighted by Crippen LogP contribution is -2.28. The number of hydrazone groups is 1. The van der Waals surface area contributed by atoms with Gasteiger partial charge in [0.05, 0.1) is 22.4 Å². The fraction of sp³-hybridized carbons (Fsp3) is 0.130. The molecule has 0 fully saturated rings. The van der Waals surface area contributed by atoms with Crippen LogP contribution in [-0.4, -0.2) is 27.4 Å². The minimum absolute atomic E-state index is 0.0637. The van der Waals surface area contributed by atoms with Gasteiger partial charge in [-0.15, -0.1) is 23.1 Å². The van der Waals surface area contributed by atoms with Crippen molar-refractivity contribution < 1.29 is 9.18 Å². The maximum Gasteiger partial charge on any atom is 0.253 e. The van der Waals surface area contributed by atoms with Gasteiger partial charge in [0.2, 0.25) is 0 Å². The monoisotopic (exact) mass is 435 g/mol. The second-order valence-corrected chi connectivity index (χ2v) is 8.99. The molecule has 0 aliphatic carbocycles. The zero-order chi connectivity index (χ0) is 20.5. The van der Waals surface area contributed by atoms with Crippen molar-refractivity contribution >= 4 is 45.6 Å². The Morgan fingerprint density at radius 3 is 2.80 bits per heavy atom. The van der Waals surface area contributed by atoms with Crippen molar-refractivity contribution in [3.05, 3.63) is 88.5 Å². The lowest BCUT2D eigenvalue weighted by Gasteiger charge is -2.22. The van der Waals surface area contributed by atoms with Gasteiger partial charge in [-0.05, 0) is 35.2 Å². The highest BCUT2D eigenvalue weighted by molar-refractivity contribution is 8.00. The summed E-state index contributed by atoms with van der Waals surface area (Å²) in [4.78, 5) is 18.5. The number of carbonyl (C=O) groups is 1. The van der Waals surface area contributed by atoms with Crippen LogP contribution in [0.15, 0.2) is 82.2 Å². The summed E-state index contributed by atoms with van der Waals surface area (Å²) in [5, 5.41) is 9.35. The topological polar surface area (TPSA) is 48.5 Å². The molecule has 7 heteroatoms. The zero-order valence-electron chi connectivity index (χ0n) is 15.9. The third-order valence-electron chi connectivity index (χ3n) is 5.13. The predicted molar refractivity (Wildman–Crippen MR) is 120 cm³/mol. The Bertz CT molecular complexity index is 1210. The second-order valence-electron chi connectivity index (χ2n) is 7.02. The maximum atomic E-state index is 13.4. The van der Waals surface area contributed by atoms with E-state index < -0.39 is 0 Å². The number of hydrogen-bond donors (Lipinski definition) is 1. The fourth-order valence-corrected chi connectivity index (χ4v) is 5.25. The molecule has 1 aliphatic heterocycles. The van der Waals surface area contributed by atoms with Crippen LogP contribution < -0.4 is 0 Å². The molecule has 0 saturated heterocycles. The third kappa shape index (κ3) is 3.66. The van der Waals surface area contributed by atoms with E-state index in [4.69, 9.17) is 0 Å². The van der Waals surface area contributed by atoms with Gasteiger partial charge < -0.3 is 4.98 Å². The summed E-state index contributed by atoms with van der Waals surface area (Å²) in [6, 6.07) is 18.1. The van der Waals surface area contributed by atoms with Crippen molar-refractivity contribution in [2.75, 3.05) is 5.75 Å². The van der Waals surface area contributed by atoms with Gasteiger partial charge >= 0.3 is 0 Å². The molecule has 150 valence electrons. The summed E-state index contributed by atoms with van der Waals surface area (Å²) >= 11 is 3.11. The van der Waals surface area contributed by atoms with Crippen LogP contribution in [-0.2, 0) is 4.79 Å². The molecule has 30 heavy (non-hydrogen) atoms. The molecule has 0 bridgehead atoms. The van der Waals surface area contributed by atoms with Crippen molar-refractivity contribution in [3.63, 3.8) is 0 Å². The molecule has 1 aliphatic rings. The van der Waals surface area contributed by atoms with Gasteiger partial charge in [-0.1, -0.05) is 36.4 Å². The highest BCUT2D eigenvalue weighted by Gasteiger charge is 2.33. The summed E-state index contributed by atoms with van der Waals surface area (Å²) in [5.41, 5.74) is 2.83. The number of fused-ring (bicyclic) bond motifs is 1. The molecule has 0 saturated carbocycles. The smallest absolute Gasteiger partial charge is 0.253 e. The van der Waals surface area contributed by atoms with Gasteiger partial charge in [-0.2, -0.15) is 5.10 Å². The van der Waals surface area contributed by atoms with Crippen molar-refractivity contribution in [1.82, 2.24) is 9.99 Å². The summed E-state index contributed by atoms with van der Waals surface area (Å²) in [6.07, 6.45) is 2.56. The molecule has 1 N–H and O–H groups in total. The van der Waals surface area contributed by atoms with E-state index in [2.05, 4.69) is 10.1 Å². The van der Waals surface area contributed by atoms with Gasteiger partial charge in [-0.25, -0.2) is 9.40 Å². The number of benzene rings is 2. The molecular formula is C23H18FN3OS2. The number of carbonyl (C=O) groups excluding carboxylic acids is 1. The van der Waals surface area contributed by atoms with Gasteiger partial charge in [0.1, 0.15) is 5.82 Å². The quantitative estimate of drug-likeness (QED) is 0.401. The minimum atomic E-state index is -0.288. The zero-order valence-corrected chi connectivity index (χ0v) is 17.5. The Hall–Kier alpha value is -2.90. The van der Waals surface area contributed by atoms with Crippen LogP contribution in [0.5, 0.6) is 0 Å². The molecule has 4 aromatic rings. The molecule has 3 heterocycles. The van der Waals surface area contributed by atoms with Crippen LogP contribution >= 0.6 is 23.1 Å².